The molecule has 2 amide bonds. The molecule has 0 spiro atoms. The van der Waals surface area contributed by atoms with Crippen molar-refractivity contribution in [3.63, 3.8) is 0 Å². The molecule has 118 valence electrons. The fraction of sp³-hybridized carbons (Fsp3) is 0.400. The van der Waals surface area contributed by atoms with Gasteiger partial charge < -0.3 is 5.32 Å². The van der Waals surface area contributed by atoms with Gasteiger partial charge in [0.2, 0.25) is 5.91 Å². The van der Waals surface area contributed by atoms with Gasteiger partial charge in [0.25, 0.3) is 5.91 Å². The molecule has 1 aliphatic rings. The Morgan fingerprint density at radius 3 is 2.45 bits per heavy atom. The van der Waals surface area contributed by atoms with Crippen LogP contribution in [0.2, 0.25) is 5.02 Å². The maximum absolute atomic E-state index is 12.0. The minimum Gasteiger partial charge on any atom is -0.302 e. The zero-order valence-corrected chi connectivity index (χ0v) is 13.6. The van der Waals surface area contributed by atoms with Crippen molar-refractivity contribution in [3.05, 3.63) is 34.9 Å². The van der Waals surface area contributed by atoms with E-state index in [1.807, 2.05) is 0 Å². The predicted octanol–water partition coefficient (Wildman–Crippen LogP) is 2.56. The van der Waals surface area contributed by atoms with Crippen LogP contribution in [-0.2, 0) is 4.79 Å². The van der Waals surface area contributed by atoms with Crippen molar-refractivity contribution in [1.29, 1.82) is 0 Å². The zero-order valence-electron chi connectivity index (χ0n) is 12.0. The van der Waals surface area contributed by atoms with Gasteiger partial charge in [0.1, 0.15) is 0 Å². The van der Waals surface area contributed by atoms with E-state index < -0.39 is 5.91 Å². The van der Waals surface area contributed by atoms with Crippen molar-refractivity contribution in [2.45, 2.75) is 32.1 Å². The number of rotatable bonds is 2. The standard InChI is InChI=1S/C15H18ClN3O2S/c16-12-9-5-4-8-11(12)14(21)18-19-15(22)17-13(20)10-6-2-1-3-7-10/h4-5,8-10H,1-3,6-7H2,(H,18,21)(H2,17,19,20,22). The summed E-state index contributed by atoms with van der Waals surface area (Å²) in [5, 5.41) is 3.03. The highest BCUT2D eigenvalue weighted by atomic mass is 35.5. The Hall–Kier alpha value is -1.66. The highest BCUT2D eigenvalue weighted by Crippen LogP contribution is 2.23. The number of nitrogens with one attached hydrogen (secondary N) is 3. The summed E-state index contributed by atoms with van der Waals surface area (Å²) in [6, 6.07) is 6.67. The summed E-state index contributed by atoms with van der Waals surface area (Å²) in [6.45, 7) is 0. The zero-order chi connectivity index (χ0) is 15.9. The molecular formula is C15H18ClN3O2S. The first kappa shape index (κ1) is 16.7. The molecule has 0 aromatic heterocycles. The summed E-state index contributed by atoms with van der Waals surface area (Å²) in [7, 11) is 0. The van der Waals surface area contributed by atoms with Crippen LogP contribution in [0.3, 0.4) is 0 Å². The van der Waals surface area contributed by atoms with E-state index in [-0.39, 0.29) is 16.9 Å². The van der Waals surface area contributed by atoms with Gasteiger partial charge in [-0.1, -0.05) is 43.0 Å². The van der Waals surface area contributed by atoms with Crippen molar-refractivity contribution in [2.75, 3.05) is 0 Å². The first-order chi connectivity index (χ1) is 10.6. The van der Waals surface area contributed by atoms with E-state index in [0.717, 1.165) is 25.7 Å². The van der Waals surface area contributed by atoms with Crippen molar-refractivity contribution in [3.8, 4) is 0 Å². The van der Waals surface area contributed by atoms with Crippen molar-refractivity contribution in [2.24, 2.45) is 5.92 Å². The second kappa shape index (κ2) is 8.10. The van der Waals surface area contributed by atoms with Crippen LogP contribution in [0, 0.1) is 5.92 Å². The Kier molecular flexibility index (Phi) is 6.15. The SMILES string of the molecule is O=C(NNC(=S)NC(=O)C1CCCCC1)c1ccccc1Cl. The van der Waals surface area contributed by atoms with E-state index in [2.05, 4.69) is 16.2 Å². The molecule has 0 heterocycles. The van der Waals surface area contributed by atoms with Gasteiger partial charge in [0.15, 0.2) is 5.11 Å². The Labute approximate surface area is 139 Å². The molecule has 0 bridgehead atoms. The van der Waals surface area contributed by atoms with Crippen LogP contribution in [0.5, 0.6) is 0 Å². The van der Waals surface area contributed by atoms with Crippen LogP contribution in [0.1, 0.15) is 42.5 Å². The van der Waals surface area contributed by atoms with Crippen LogP contribution < -0.4 is 16.2 Å². The van der Waals surface area contributed by atoms with E-state index in [0.29, 0.717) is 10.6 Å². The maximum atomic E-state index is 12.0. The topological polar surface area (TPSA) is 70.2 Å². The Bertz CT molecular complexity index is 574. The molecule has 1 saturated carbocycles. The lowest BCUT2D eigenvalue weighted by atomic mass is 9.89. The predicted molar refractivity (Wildman–Crippen MR) is 89.4 cm³/mol. The molecule has 1 aromatic rings. The minimum atomic E-state index is -0.417. The monoisotopic (exact) mass is 339 g/mol. The molecule has 5 nitrogen and oxygen atoms in total. The first-order valence-electron chi connectivity index (χ1n) is 7.23. The summed E-state index contributed by atoms with van der Waals surface area (Å²) >= 11 is 10.9. The number of halogens is 1. The fourth-order valence-corrected chi connectivity index (χ4v) is 2.81. The van der Waals surface area contributed by atoms with Crippen LogP contribution in [0.15, 0.2) is 24.3 Å². The Morgan fingerprint density at radius 2 is 1.77 bits per heavy atom. The maximum Gasteiger partial charge on any atom is 0.271 e. The molecule has 0 aliphatic heterocycles. The lowest BCUT2D eigenvalue weighted by molar-refractivity contribution is -0.124. The minimum absolute atomic E-state index is 0.00719. The van der Waals surface area contributed by atoms with Crippen LogP contribution in [0.25, 0.3) is 0 Å². The summed E-state index contributed by atoms with van der Waals surface area (Å²) in [5.74, 6) is -0.503. The molecule has 0 unspecified atom stereocenters. The van der Waals surface area contributed by atoms with Crippen molar-refractivity contribution >= 4 is 40.7 Å². The van der Waals surface area contributed by atoms with Gasteiger partial charge in [0, 0.05) is 5.92 Å². The summed E-state index contributed by atoms with van der Waals surface area (Å²) < 4.78 is 0. The van der Waals surface area contributed by atoms with Crippen LogP contribution in [-0.4, -0.2) is 16.9 Å². The molecule has 1 fully saturated rings. The number of amides is 2. The quantitative estimate of drug-likeness (QED) is 0.572. The highest BCUT2D eigenvalue weighted by molar-refractivity contribution is 7.80. The van der Waals surface area contributed by atoms with Gasteiger partial charge in [-0.3, -0.25) is 20.4 Å². The van der Waals surface area contributed by atoms with Crippen molar-refractivity contribution in [1.82, 2.24) is 16.2 Å². The molecule has 3 N–H and O–H groups in total. The van der Waals surface area contributed by atoms with E-state index in [9.17, 15) is 9.59 Å². The van der Waals surface area contributed by atoms with Gasteiger partial charge in [-0.25, -0.2) is 0 Å². The third-order valence-corrected chi connectivity index (χ3v) is 4.15. The summed E-state index contributed by atoms with van der Waals surface area (Å²) in [4.78, 5) is 23.9. The smallest absolute Gasteiger partial charge is 0.271 e. The number of thiocarbonyl (C=S) groups is 1. The highest BCUT2D eigenvalue weighted by Gasteiger charge is 2.21. The summed E-state index contributed by atoms with van der Waals surface area (Å²) in [5.41, 5.74) is 5.27. The number of carbonyl (C=O) groups excluding carboxylic acids is 2. The first-order valence-corrected chi connectivity index (χ1v) is 8.02. The molecule has 1 aliphatic carbocycles. The van der Waals surface area contributed by atoms with Crippen LogP contribution in [0.4, 0.5) is 0 Å². The lowest BCUT2D eigenvalue weighted by Crippen LogP contribution is -2.49. The molecule has 7 heteroatoms. The normalized spacial score (nSPS) is 15.0. The largest absolute Gasteiger partial charge is 0.302 e. The lowest BCUT2D eigenvalue weighted by Gasteiger charge is -2.21. The number of hydrogen-bond acceptors (Lipinski definition) is 3. The Balaban J connectivity index is 1.79. The third kappa shape index (κ3) is 4.68. The number of hydrogen-bond donors (Lipinski definition) is 3. The molecule has 22 heavy (non-hydrogen) atoms. The second-order valence-electron chi connectivity index (χ2n) is 5.21. The van der Waals surface area contributed by atoms with Crippen LogP contribution >= 0.6 is 23.8 Å². The van der Waals surface area contributed by atoms with Crippen molar-refractivity contribution < 1.29 is 9.59 Å². The van der Waals surface area contributed by atoms with Gasteiger partial charge >= 0.3 is 0 Å². The fourth-order valence-electron chi connectivity index (χ4n) is 2.44. The summed E-state index contributed by atoms with van der Waals surface area (Å²) in [6.07, 6.45) is 5.10. The second-order valence-corrected chi connectivity index (χ2v) is 6.03. The number of carbonyl (C=O) groups is 2. The molecule has 0 saturated heterocycles. The average molecular weight is 340 g/mol. The van der Waals surface area contributed by atoms with Gasteiger partial charge in [-0.2, -0.15) is 0 Å². The Morgan fingerprint density at radius 1 is 1.09 bits per heavy atom. The molecule has 0 radical (unpaired) electrons. The van der Waals surface area contributed by atoms with E-state index >= 15 is 0 Å². The van der Waals surface area contributed by atoms with E-state index in [1.165, 1.54) is 6.42 Å². The average Bonchev–Trinajstić information content (AvgIpc) is 2.54. The molecular weight excluding hydrogens is 322 g/mol. The van der Waals surface area contributed by atoms with E-state index in [1.54, 1.807) is 24.3 Å². The van der Waals surface area contributed by atoms with E-state index in [4.69, 9.17) is 23.8 Å². The third-order valence-electron chi connectivity index (χ3n) is 3.62. The van der Waals surface area contributed by atoms with Gasteiger partial charge in [-0.15, -0.1) is 0 Å². The molecule has 1 aromatic carbocycles. The molecule has 0 atom stereocenters. The number of benzene rings is 1. The van der Waals surface area contributed by atoms with Gasteiger partial charge in [-0.05, 0) is 37.2 Å². The number of hydrazine groups is 1. The van der Waals surface area contributed by atoms with Gasteiger partial charge in [0.05, 0.1) is 10.6 Å². The molecule has 2 rings (SSSR count).